The molecule has 2 aromatic rings. The van der Waals surface area contributed by atoms with Gasteiger partial charge >= 0.3 is 0 Å². The molecule has 0 spiro atoms. The molecule has 5 heteroatoms. The quantitative estimate of drug-likeness (QED) is 0.680. The Morgan fingerprint density at radius 2 is 2.00 bits per heavy atom. The van der Waals surface area contributed by atoms with E-state index in [1.54, 1.807) is 31.2 Å². The molecule has 1 amide bonds. The first kappa shape index (κ1) is 15.4. The van der Waals surface area contributed by atoms with Crippen molar-refractivity contribution in [1.29, 1.82) is 0 Å². The fourth-order valence-electron chi connectivity index (χ4n) is 1.85. The van der Waals surface area contributed by atoms with Gasteiger partial charge in [0.2, 0.25) is 0 Å². The van der Waals surface area contributed by atoms with Gasteiger partial charge < -0.3 is 5.32 Å². The van der Waals surface area contributed by atoms with Crippen LogP contribution >= 0.6 is 38.5 Å². The van der Waals surface area contributed by atoms with Crippen LogP contribution in [0.3, 0.4) is 0 Å². The van der Waals surface area contributed by atoms with Crippen molar-refractivity contribution >= 4 is 44.4 Å². The van der Waals surface area contributed by atoms with Crippen LogP contribution in [-0.4, -0.2) is 5.91 Å². The second-order valence-electron chi connectivity index (χ2n) is 4.34. The normalized spacial score (nSPS) is 12.0. The number of amides is 1. The standard InChI is InChI=1S/C15H12BrFINO/c1-9(11-4-2-3-5-13(11)17)19-15(20)12-8-10(16)6-7-14(12)18/h2-9H,1H3,(H,19,20). The topological polar surface area (TPSA) is 29.1 Å². The Bertz CT molecular complexity index is 648. The molecule has 2 aromatic carbocycles. The number of carbonyl (C=O) groups excluding carboxylic acids is 1. The molecule has 0 bridgehead atoms. The van der Waals surface area contributed by atoms with Crippen molar-refractivity contribution in [3.63, 3.8) is 0 Å². The van der Waals surface area contributed by atoms with E-state index in [4.69, 9.17) is 0 Å². The van der Waals surface area contributed by atoms with E-state index in [1.165, 1.54) is 6.07 Å². The number of hydrogen-bond donors (Lipinski definition) is 1. The van der Waals surface area contributed by atoms with Crippen molar-refractivity contribution in [2.75, 3.05) is 0 Å². The monoisotopic (exact) mass is 447 g/mol. The van der Waals surface area contributed by atoms with E-state index >= 15 is 0 Å². The van der Waals surface area contributed by atoms with Crippen molar-refractivity contribution in [2.24, 2.45) is 0 Å². The third kappa shape index (κ3) is 3.58. The van der Waals surface area contributed by atoms with Gasteiger partial charge in [0, 0.05) is 13.6 Å². The van der Waals surface area contributed by atoms with Gasteiger partial charge in [-0.1, -0.05) is 34.1 Å². The zero-order chi connectivity index (χ0) is 14.7. The minimum absolute atomic E-state index is 0.216. The smallest absolute Gasteiger partial charge is 0.252 e. The lowest BCUT2D eigenvalue weighted by Crippen LogP contribution is -2.27. The number of benzene rings is 2. The van der Waals surface area contributed by atoms with E-state index in [0.29, 0.717) is 11.1 Å². The van der Waals surface area contributed by atoms with Gasteiger partial charge in [0.25, 0.3) is 5.91 Å². The number of carbonyl (C=O) groups is 1. The molecule has 2 nitrogen and oxygen atoms in total. The average Bonchev–Trinajstić information content (AvgIpc) is 2.41. The first-order valence-electron chi connectivity index (χ1n) is 5.99. The molecule has 0 aliphatic heterocycles. The number of halogens is 3. The predicted octanol–water partition coefficient (Wildman–Crippen LogP) is 4.68. The molecule has 1 atom stereocenters. The van der Waals surface area contributed by atoms with Crippen molar-refractivity contribution in [2.45, 2.75) is 13.0 Å². The van der Waals surface area contributed by atoms with Gasteiger partial charge in [0.15, 0.2) is 0 Å². The van der Waals surface area contributed by atoms with Gasteiger partial charge in [-0.15, -0.1) is 0 Å². The summed E-state index contributed by atoms with van der Waals surface area (Å²) in [5.74, 6) is -0.532. The molecular weight excluding hydrogens is 436 g/mol. The summed E-state index contributed by atoms with van der Waals surface area (Å²) in [5.41, 5.74) is 1.05. The third-order valence-corrected chi connectivity index (χ3v) is 4.33. The average molecular weight is 448 g/mol. The predicted molar refractivity (Wildman–Crippen MR) is 89.1 cm³/mol. The summed E-state index contributed by atoms with van der Waals surface area (Å²) in [5, 5.41) is 2.82. The van der Waals surface area contributed by atoms with Crippen LogP contribution in [-0.2, 0) is 0 Å². The first-order valence-corrected chi connectivity index (χ1v) is 7.86. The van der Waals surface area contributed by atoms with Crippen LogP contribution in [0.15, 0.2) is 46.9 Å². The van der Waals surface area contributed by atoms with Crippen molar-refractivity contribution in [1.82, 2.24) is 5.32 Å². The Balaban J connectivity index is 2.20. The summed E-state index contributed by atoms with van der Waals surface area (Å²) in [7, 11) is 0. The van der Waals surface area contributed by atoms with Crippen LogP contribution in [0.5, 0.6) is 0 Å². The minimum atomic E-state index is -0.390. The Hall–Kier alpha value is -0.950. The molecule has 0 aliphatic carbocycles. The minimum Gasteiger partial charge on any atom is -0.345 e. The second-order valence-corrected chi connectivity index (χ2v) is 6.42. The van der Waals surface area contributed by atoms with Crippen LogP contribution in [0.25, 0.3) is 0 Å². The fourth-order valence-corrected chi connectivity index (χ4v) is 2.79. The van der Waals surface area contributed by atoms with Crippen molar-refractivity contribution in [3.8, 4) is 0 Å². The highest BCUT2D eigenvalue weighted by atomic mass is 127. The Morgan fingerprint density at radius 1 is 1.30 bits per heavy atom. The van der Waals surface area contributed by atoms with Crippen LogP contribution in [0, 0.1) is 9.39 Å². The summed E-state index contributed by atoms with van der Waals surface area (Å²) >= 11 is 5.45. The molecule has 104 valence electrons. The maximum absolute atomic E-state index is 13.7. The SMILES string of the molecule is CC(NC(=O)c1cc(Br)ccc1I)c1ccccc1F. The van der Waals surface area contributed by atoms with Gasteiger partial charge in [-0.05, 0) is 53.8 Å². The third-order valence-electron chi connectivity index (χ3n) is 2.89. The zero-order valence-electron chi connectivity index (χ0n) is 10.7. The van der Waals surface area contributed by atoms with Gasteiger partial charge in [-0.25, -0.2) is 4.39 Å². The van der Waals surface area contributed by atoms with Gasteiger partial charge in [-0.3, -0.25) is 4.79 Å². The van der Waals surface area contributed by atoms with Crippen LogP contribution in [0.4, 0.5) is 4.39 Å². The maximum atomic E-state index is 13.7. The molecule has 0 radical (unpaired) electrons. The molecule has 0 heterocycles. The highest BCUT2D eigenvalue weighted by Gasteiger charge is 2.16. The number of nitrogens with one attached hydrogen (secondary N) is 1. The Morgan fingerprint density at radius 3 is 2.70 bits per heavy atom. The lowest BCUT2D eigenvalue weighted by molar-refractivity contribution is 0.0938. The van der Waals surface area contributed by atoms with Gasteiger partial charge in [-0.2, -0.15) is 0 Å². The van der Waals surface area contributed by atoms with Crippen molar-refractivity contribution < 1.29 is 9.18 Å². The van der Waals surface area contributed by atoms with Gasteiger partial charge in [0.05, 0.1) is 11.6 Å². The second kappa shape index (κ2) is 6.67. The van der Waals surface area contributed by atoms with E-state index in [0.717, 1.165) is 8.04 Å². The molecule has 0 fully saturated rings. The lowest BCUT2D eigenvalue weighted by Gasteiger charge is -2.15. The molecule has 0 saturated heterocycles. The molecule has 1 unspecified atom stereocenters. The molecule has 0 aliphatic rings. The lowest BCUT2D eigenvalue weighted by atomic mass is 10.1. The molecule has 0 aromatic heterocycles. The highest BCUT2D eigenvalue weighted by molar-refractivity contribution is 14.1. The van der Waals surface area contributed by atoms with E-state index in [-0.39, 0.29) is 11.7 Å². The van der Waals surface area contributed by atoms with Crippen LogP contribution in [0.2, 0.25) is 0 Å². The van der Waals surface area contributed by atoms with Crippen molar-refractivity contribution in [3.05, 3.63) is 67.5 Å². The largest absolute Gasteiger partial charge is 0.345 e. The summed E-state index contributed by atoms with van der Waals surface area (Å²) in [4.78, 5) is 12.3. The van der Waals surface area contributed by atoms with Gasteiger partial charge in [0.1, 0.15) is 5.82 Å². The maximum Gasteiger partial charge on any atom is 0.252 e. The van der Waals surface area contributed by atoms with E-state index in [9.17, 15) is 9.18 Å². The summed E-state index contributed by atoms with van der Waals surface area (Å²) < 4.78 is 15.4. The summed E-state index contributed by atoms with van der Waals surface area (Å²) in [6, 6.07) is 11.5. The summed E-state index contributed by atoms with van der Waals surface area (Å²) in [6.07, 6.45) is 0. The van der Waals surface area contributed by atoms with Crippen LogP contribution in [0.1, 0.15) is 28.9 Å². The number of hydrogen-bond acceptors (Lipinski definition) is 1. The highest BCUT2D eigenvalue weighted by Crippen LogP contribution is 2.21. The Kier molecular flexibility index (Phi) is 5.15. The first-order chi connectivity index (χ1) is 9.49. The molecule has 0 saturated carbocycles. The van der Waals surface area contributed by atoms with E-state index in [2.05, 4.69) is 43.8 Å². The number of rotatable bonds is 3. The Labute approximate surface area is 139 Å². The van der Waals surface area contributed by atoms with E-state index < -0.39 is 6.04 Å². The van der Waals surface area contributed by atoms with E-state index in [1.807, 2.05) is 12.1 Å². The molecular formula is C15H12BrFINO. The zero-order valence-corrected chi connectivity index (χ0v) is 14.4. The fraction of sp³-hybridized carbons (Fsp3) is 0.133. The van der Waals surface area contributed by atoms with Crippen LogP contribution < -0.4 is 5.32 Å². The molecule has 20 heavy (non-hydrogen) atoms. The summed E-state index contributed by atoms with van der Waals surface area (Å²) in [6.45, 7) is 1.77. The molecule has 1 N–H and O–H groups in total. The molecule has 2 rings (SSSR count).